The van der Waals surface area contributed by atoms with Crippen molar-refractivity contribution in [1.29, 1.82) is 0 Å². The van der Waals surface area contributed by atoms with Crippen molar-refractivity contribution in [1.82, 2.24) is 29.2 Å². The molecule has 2 aromatic carbocycles. The fourth-order valence-electron chi connectivity index (χ4n) is 5.75. The van der Waals surface area contributed by atoms with Crippen molar-refractivity contribution in [2.75, 3.05) is 13.1 Å². The van der Waals surface area contributed by atoms with Gasteiger partial charge < -0.3 is 10.8 Å². The molecule has 1 aliphatic rings. The summed E-state index contributed by atoms with van der Waals surface area (Å²) >= 11 is 0. The highest BCUT2D eigenvalue weighted by molar-refractivity contribution is 5.89. The zero-order valence-corrected chi connectivity index (χ0v) is 26.2. The van der Waals surface area contributed by atoms with Gasteiger partial charge in [-0.1, -0.05) is 36.4 Å². The molecular weight excluding hydrogens is 604 g/mol. The highest BCUT2D eigenvalue weighted by Gasteiger charge is 2.33. The van der Waals surface area contributed by atoms with Gasteiger partial charge in [0.15, 0.2) is 5.52 Å². The van der Waals surface area contributed by atoms with Gasteiger partial charge >= 0.3 is 0 Å². The van der Waals surface area contributed by atoms with Gasteiger partial charge in [-0.2, -0.15) is 5.10 Å². The number of nitrogens with zero attached hydrogens (tertiary/aromatic N) is 6. The minimum Gasteiger partial charge on any atom is -0.388 e. The number of halogens is 3. The Morgan fingerprint density at radius 1 is 0.955 bits per heavy atom. The lowest BCUT2D eigenvalue weighted by atomic mass is 9.91. The summed E-state index contributed by atoms with van der Waals surface area (Å²) in [5, 5.41) is 15.9. The fourth-order valence-corrected chi connectivity index (χ4v) is 5.75. The molecule has 0 radical (unpaired) electrons. The number of nitrogens with two attached hydrogens (primary N) is 1. The molecule has 6 rings (SSSR count). The SMILES string of the molecule is Cc1cc(-c2ccc(CN3CCC(O)(Cn4cnc5c(-c6ccc(CN)cc6)n(C)nc5c4=O)CC3)c(F)c2)ccn1.Cl.Cl. The third-order valence-electron chi connectivity index (χ3n) is 8.20. The third-order valence-corrected chi connectivity index (χ3v) is 8.20. The van der Waals surface area contributed by atoms with Crippen LogP contribution in [0.3, 0.4) is 0 Å². The van der Waals surface area contributed by atoms with Crippen molar-refractivity contribution in [2.24, 2.45) is 12.8 Å². The molecule has 1 aliphatic heterocycles. The van der Waals surface area contributed by atoms with Gasteiger partial charge in [-0.15, -0.1) is 24.8 Å². The van der Waals surface area contributed by atoms with Crippen LogP contribution in [0, 0.1) is 12.7 Å². The van der Waals surface area contributed by atoms with E-state index in [1.165, 1.54) is 10.9 Å². The smallest absolute Gasteiger partial charge is 0.281 e. The van der Waals surface area contributed by atoms with E-state index in [1.54, 1.807) is 24.0 Å². The normalized spacial score (nSPS) is 14.7. The number of aliphatic hydroxyl groups is 1. The predicted molar refractivity (Wildman–Crippen MR) is 174 cm³/mol. The molecule has 5 aromatic rings. The molecular formula is C32H36Cl2FN7O2. The molecule has 12 heteroatoms. The van der Waals surface area contributed by atoms with E-state index >= 15 is 4.39 Å². The number of hydrogen-bond acceptors (Lipinski definition) is 7. The molecule has 1 fully saturated rings. The van der Waals surface area contributed by atoms with Crippen molar-refractivity contribution >= 4 is 35.8 Å². The summed E-state index contributed by atoms with van der Waals surface area (Å²) in [6, 6.07) is 16.9. The van der Waals surface area contributed by atoms with E-state index in [2.05, 4.69) is 20.0 Å². The maximum atomic E-state index is 15.0. The molecule has 1 saturated heterocycles. The Balaban J connectivity index is 0.00000221. The zero-order valence-electron chi connectivity index (χ0n) is 24.6. The van der Waals surface area contributed by atoms with E-state index in [-0.39, 0.29) is 48.3 Å². The lowest BCUT2D eigenvalue weighted by Gasteiger charge is -2.38. The second kappa shape index (κ2) is 13.5. The quantitative estimate of drug-likeness (QED) is 0.267. The van der Waals surface area contributed by atoms with Crippen LogP contribution in [0.5, 0.6) is 0 Å². The van der Waals surface area contributed by atoms with Gasteiger partial charge in [0.05, 0.1) is 24.2 Å². The number of aromatic nitrogens is 5. The summed E-state index contributed by atoms with van der Waals surface area (Å²) < 4.78 is 18.1. The molecule has 4 heterocycles. The van der Waals surface area contributed by atoms with Gasteiger partial charge in [-0.05, 0) is 54.7 Å². The van der Waals surface area contributed by atoms with Crippen molar-refractivity contribution in [3.05, 3.63) is 100 Å². The standard InChI is InChI=1S/C32H34FN7O2.2ClH/c1-21-15-25(9-12-35-21)24-7-8-26(27(33)16-24)18-39-13-10-32(42,11-14-39)19-40-20-36-28-29(31(40)41)37-38(2)30(28)23-5-3-22(17-34)4-6-23;;/h3-9,12,15-16,20,42H,10-11,13-14,17-19,34H2,1-2H3;2*1H. The first-order valence-corrected chi connectivity index (χ1v) is 14.1. The van der Waals surface area contributed by atoms with E-state index in [0.29, 0.717) is 50.1 Å². The maximum absolute atomic E-state index is 15.0. The van der Waals surface area contributed by atoms with Gasteiger partial charge in [0.25, 0.3) is 5.56 Å². The molecule has 9 nitrogen and oxygen atoms in total. The molecule has 232 valence electrons. The number of piperidine rings is 1. The first kappa shape index (κ1) is 33.2. The largest absolute Gasteiger partial charge is 0.388 e. The van der Waals surface area contributed by atoms with Crippen molar-refractivity contribution in [2.45, 2.75) is 45.0 Å². The Kier molecular flexibility index (Phi) is 10.2. The highest BCUT2D eigenvalue weighted by atomic mass is 35.5. The van der Waals surface area contributed by atoms with Crippen molar-refractivity contribution < 1.29 is 9.50 Å². The number of aryl methyl sites for hydroxylation is 2. The summed E-state index contributed by atoms with van der Waals surface area (Å²) in [6.07, 6.45) is 4.13. The van der Waals surface area contributed by atoms with Crippen molar-refractivity contribution in [3.8, 4) is 22.4 Å². The number of benzene rings is 2. The minimum absolute atomic E-state index is 0. The minimum atomic E-state index is -1.08. The molecule has 0 spiro atoms. The third kappa shape index (κ3) is 6.69. The summed E-state index contributed by atoms with van der Waals surface area (Å²) in [6.45, 7) is 4.10. The lowest BCUT2D eigenvalue weighted by molar-refractivity contribution is -0.0366. The van der Waals surface area contributed by atoms with Gasteiger partial charge in [-0.3, -0.25) is 23.9 Å². The number of fused-ring (bicyclic) bond motifs is 1. The van der Waals surface area contributed by atoms with Crippen LogP contribution in [0.25, 0.3) is 33.4 Å². The van der Waals surface area contributed by atoms with Crippen LogP contribution in [-0.4, -0.2) is 53.0 Å². The summed E-state index contributed by atoms with van der Waals surface area (Å²) in [7, 11) is 1.79. The Morgan fingerprint density at radius 3 is 2.30 bits per heavy atom. The van der Waals surface area contributed by atoms with Crippen LogP contribution in [0.4, 0.5) is 4.39 Å². The molecule has 3 aromatic heterocycles. The Hall–Kier alpha value is -3.67. The van der Waals surface area contributed by atoms with Gasteiger partial charge in [-0.25, -0.2) is 9.37 Å². The zero-order chi connectivity index (χ0) is 29.4. The first-order chi connectivity index (χ1) is 20.2. The summed E-state index contributed by atoms with van der Waals surface area (Å²) in [5.74, 6) is -0.251. The van der Waals surface area contributed by atoms with Crippen LogP contribution in [0.2, 0.25) is 0 Å². The topological polar surface area (TPSA) is 115 Å². The monoisotopic (exact) mass is 639 g/mol. The molecule has 0 aliphatic carbocycles. The van der Waals surface area contributed by atoms with Gasteiger partial charge in [0.2, 0.25) is 0 Å². The molecule has 3 N–H and O–H groups in total. The van der Waals surface area contributed by atoms with Crippen LogP contribution in [0.15, 0.2) is 71.9 Å². The Bertz CT molecular complexity index is 1820. The first-order valence-electron chi connectivity index (χ1n) is 14.1. The van der Waals surface area contributed by atoms with Gasteiger partial charge in [0.1, 0.15) is 11.3 Å². The Labute approximate surface area is 267 Å². The summed E-state index contributed by atoms with van der Waals surface area (Å²) in [5.41, 5.74) is 11.0. The van der Waals surface area contributed by atoms with Crippen molar-refractivity contribution in [3.63, 3.8) is 0 Å². The van der Waals surface area contributed by atoms with Gasteiger partial charge in [0, 0.05) is 56.2 Å². The molecule has 44 heavy (non-hydrogen) atoms. The van der Waals surface area contributed by atoms with E-state index in [0.717, 1.165) is 33.6 Å². The van der Waals surface area contributed by atoms with E-state index in [9.17, 15) is 9.90 Å². The fraction of sp³-hybridized carbons (Fsp3) is 0.312. The van der Waals surface area contributed by atoms with Crippen LogP contribution in [-0.2, 0) is 26.7 Å². The predicted octanol–water partition coefficient (Wildman–Crippen LogP) is 4.64. The Morgan fingerprint density at radius 2 is 1.64 bits per heavy atom. The van der Waals surface area contributed by atoms with Crippen LogP contribution < -0.4 is 11.3 Å². The molecule has 0 bridgehead atoms. The average Bonchev–Trinajstić information content (AvgIpc) is 3.33. The molecule has 0 saturated carbocycles. The molecule has 0 unspecified atom stereocenters. The number of likely N-dealkylation sites (tertiary alicyclic amines) is 1. The number of pyridine rings is 1. The second-order valence-electron chi connectivity index (χ2n) is 11.2. The second-order valence-corrected chi connectivity index (χ2v) is 11.2. The lowest BCUT2D eigenvalue weighted by Crippen LogP contribution is -2.47. The number of hydrogen-bond donors (Lipinski definition) is 2. The summed E-state index contributed by atoms with van der Waals surface area (Å²) in [4.78, 5) is 24.3. The van der Waals surface area contributed by atoms with E-state index < -0.39 is 5.60 Å². The van der Waals surface area contributed by atoms with E-state index in [4.69, 9.17) is 5.73 Å². The van der Waals surface area contributed by atoms with Crippen LogP contribution >= 0.6 is 24.8 Å². The highest BCUT2D eigenvalue weighted by Crippen LogP contribution is 2.29. The molecule has 0 atom stereocenters. The van der Waals surface area contributed by atoms with Crippen LogP contribution in [0.1, 0.15) is 29.7 Å². The maximum Gasteiger partial charge on any atom is 0.281 e. The van der Waals surface area contributed by atoms with E-state index in [1.807, 2.05) is 55.5 Å². The molecule has 0 amide bonds. The number of rotatable bonds is 7. The average molecular weight is 641 g/mol.